The maximum Gasteiger partial charge on any atom is 0.422 e. The smallest absolute Gasteiger partial charge is 0.422 e. The van der Waals surface area contributed by atoms with E-state index in [0.29, 0.717) is 5.69 Å². The largest absolute Gasteiger partial charge is 0.454 e. The van der Waals surface area contributed by atoms with Crippen LogP contribution >= 0.6 is 0 Å². The first kappa shape index (κ1) is 12.7. The number of hydrogen-bond acceptors (Lipinski definition) is 3. The Bertz CT molecular complexity index is 364. The van der Waals surface area contributed by atoms with Gasteiger partial charge < -0.3 is 4.74 Å². The first-order valence-electron chi connectivity index (χ1n) is 4.82. The van der Waals surface area contributed by atoms with Crippen molar-refractivity contribution in [2.45, 2.75) is 32.9 Å². The van der Waals surface area contributed by atoms with Gasteiger partial charge in [0.25, 0.3) is 0 Å². The van der Waals surface area contributed by atoms with E-state index in [2.05, 4.69) is 14.7 Å². The van der Waals surface area contributed by atoms with Gasteiger partial charge in [0.15, 0.2) is 6.61 Å². The minimum atomic E-state index is -4.37. The number of alkyl halides is 3. The highest BCUT2D eigenvalue weighted by Gasteiger charge is 2.29. The second-order valence-corrected chi connectivity index (χ2v) is 3.75. The van der Waals surface area contributed by atoms with Gasteiger partial charge in [-0.25, -0.2) is 9.97 Å². The van der Waals surface area contributed by atoms with Gasteiger partial charge in [0.1, 0.15) is 0 Å². The average Bonchev–Trinajstić information content (AvgIpc) is 2.13. The summed E-state index contributed by atoms with van der Waals surface area (Å²) in [5.41, 5.74) is 1.54. The number of nitrogens with zero attached hydrogens (tertiary/aromatic N) is 2. The molecule has 1 aromatic rings. The van der Waals surface area contributed by atoms with E-state index in [-0.39, 0.29) is 11.9 Å². The van der Waals surface area contributed by atoms with E-state index in [9.17, 15) is 13.2 Å². The SMILES string of the molecule is Cc1nc(OCC(F)(F)F)ncc1C(C)C. The van der Waals surface area contributed by atoms with Gasteiger partial charge in [-0.2, -0.15) is 13.2 Å². The van der Waals surface area contributed by atoms with Crippen molar-refractivity contribution in [2.75, 3.05) is 6.61 Å². The van der Waals surface area contributed by atoms with Crippen LogP contribution in [0, 0.1) is 6.92 Å². The summed E-state index contributed by atoms with van der Waals surface area (Å²) < 4.78 is 40.0. The summed E-state index contributed by atoms with van der Waals surface area (Å²) in [4.78, 5) is 7.59. The quantitative estimate of drug-likeness (QED) is 0.806. The Balaban J connectivity index is 2.74. The van der Waals surface area contributed by atoms with Crippen LogP contribution in [0.1, 0.15) is 31.0 Å². The molecule has 0 fully saturated rings. The fraction of sp³-hybridized carbons (Fsp3) is 0.600. The van der Waals surface area contributed by atoms with Gasteiger partial charge in [0.05, 0.1) is 0 Å². The molecule has 0 saturated heterocycles. The Morgan fingerprint density at radius 3 is 2.44 bits per heavy atom. The van der Waals surface area contributed by atoms with E-state index in [1.54, 1.807) is 6.92 Å². The Kier molecular flexibility index (Phi) is 3.72. The highest BCUT2D eigenvalue weighted by Crippen LogP contribution is 2.19. The van der Waals surface area contributed by atoms with Crippen molar-refractivity contribution in [1.29, 1.82) is 0 Å². The van der Waals surface area contributed by atoms with Gasteiger partial charge in [-0.05, 0) is 18.4 Å². The normalized spacial score (nSPS) is 11.9. The van der Waals surface area contributed by atoms with Crippen molar-refractivity contribution in [3.63, 3.8) is 0 Å². The molecule has 1 rings (SSSR count). The fourth-order valence-electron chi connectivity index (χ4n) is 1.24. The molecular weight excluding hydrogens is 221 g/mol. The molecule has 0 unspecified atom stereocenters. The molecule has 0 aliphatic carbocycles. The van der Waals surface area contributed by atoms with E-state index in [1.165, 1.54) is 6.20 Å². The van der Waals surface area contributed by atoms with Crippen LogP contribution in [0.2, 0.25) is 0 Å². The second-order valence-electron chi connectivity index (χ2n) is 3.75. The highest BCUT2D eigenvalue weighted by atomic mass is 19.4. The Labute approximate surface area is 91.7 Å². The lowest BCUT2D eigenvalue weighted by molar-refractivity contribution is -0.154. The van der Waals surface area contributed by atoms with E-state index >= 15 is 0 Å². The zero-order chi connectivity index (χ0) is 12.3. The summed E-state index contributed by atoms with van der Waals surface area (Å²) in [6.07, 6.45) is -2.87. The third kappa shape index (κ3) is 3.67. The third-order valence-electron chi connectivity index (χ3n) is 1.98. The molecule has 16 heavy (non-hydrogen) atoms. The molecule has 0 bridgehead atoms. The van der Waals surface area contributed by atoms with Gasteiger partial charge in [-0.3, -0.25) is 0 Å². The van der Waals surface area contributed by atoms with Crippen LogP contribution in [-0.4, -0.2) is 22.8 Å². The molecule has 3 nitrogen and oxygen atoms in total. The van der Waals surface area contributed by atoms with Crippen LogP contribution in [0.5, 0.6) is 6.01 Å². The molecule has 0 aliphatic rings. The van der Waals surface area contributed by atoms with Crippen molar-refractivity contribution >= 4 is 0 Å². The third-order valence-corrected chi connectivity index (χ3v) is 1.98. The van der Waals surface area contributed by atoms with E-state index in [4.69, 9.17) is 0 Å². The van der Waals surface area contributed by atoms with Crippen LogP contribution in [0.25, 0.3) is 0 Å². The molecular formula is C10H13F3N2O. The fourth-order valence-corrected chi connectivity index (χ4v) is 1.24. The van der Waals surface area contributed by atoms with E-state index < -0.39 is 12.8 Å². The molecule has 0 atom stereocenters. The van der Waals surface area contributed by atoms with E-state index in [1.807, 2.05) is 13.8 Å². The number of halogens is 3. The average molecular weight is 234 g/mol. The predicted molar refractivity (Wildman–Crippen MR) is 52.4 cm³/mol. The molecule has 1 aromatic heterocycles. The summed E-state index contributed by atoms with van der Waals surface area (Å²) in [7, 11) is 0. The maximum absolute atomic E-state index is 11.9. The first-order valence-corrected chi connectivity index (χ1v) is 4.82. The Morgan fingerprint density at radius 2 is 2.00 bits per heavy atom. The zero-order valence-corrected chi connectivity index (χ0v) is 9.30. The minimum absolute atomic E-state index is 0.233. The van der Waals surface area contributed by atoms with Crippen molar-refractivity contribution < 1.29 is 17.9 Å². The number of hydrogen-bond donors (Lipinski definition) is 0. The molecule has 0 aliphatic heterocycles. The van der Waals surface area contributed by atoms with Gasteiger partial charge in [-0.1, -0.05) is 13.8 Å². The molecule has 6 heteroatoms. The standard InChI is InChI=1S/C10H13F3N2O/c1-6(2)8-4-14-9(15-7(8)3)16-5-10(11,12)13/h4,6H,5H2,1-3H3. The summed E-state index contributed by atoms with van der Waals surface area (Å²) in [6.45, 7) is 4.27. The molecule has 0 saturated carbocycles. The molecule has 0 amide bonds. The van der Waals surface area contributed by atoms with Crippen LogP contribution < -0.4 is 4.74 Å². The van der Waals surface area contributed by atoms with Crippen molar-refractivity contribution in [3.8, 4) is 6.01 Å². The van der Waals surface area contributed by atoms with Gasteiger partial charge in [0.2, 0.25) is 0 Å². The number of aryl methyl sites for hydroxylation is 1. The van der Waals surface area contributed by atoms with Crippen molar-refractivity contribution in [2.24, 2.45) is 0 Å². The van der Waals surface area contributed by atoms with Crippen LogP contribution in [0.3, 0.4) is 0 Å². The van der Waals surface area contributed by atoms with Crippen molar-refractivity contribution in [3.05, 3.63) is 17.5 Å². The van der Waals surface area contributed by atoms with Gasteiger partial charge in [0, 0.05) is 11.9 Å². The van der Waals surface area contributed by atoms with Crippen LogP contribution in [-0.2, 0) is 0 Å². The molecule has 0 aromatic carbocycles. The summed E-state index contributed by atoms with van der Waals surface area (Å²) in [5, 5.41) is 0. The van der Waals surface area contributed by atoms with E-state index in [0.717, 1.165) is 5.56 Å². The lowest BCUT2D eigenvalue weighted by Crippen LogP contribution is -2.20. The molecule has 0 N–H and O–H groups in total. The molecule has 0 spiro atoms. The number of aromatic nitrogens is 2. The second kappa shape index (κ2) is 4.67. The topological polar surface area (TPSA) is 35.0 Å². The van der Waals surface area contributed by atoms with Crippen LogP contribution in [0.15, 0.2) is 6.20 Å². The summed E-state index contributed by atoms with van der Waals surface area (Å²) in [5.74, 6) is 0.233. The highest BCUT2D eigenvalue weighted by molar-refractivity contribution is 5.20. The van der Waals surface area contributed by atoms with Crippen LogP contribution in [0.4, 0.5) is 13.2 Å². The van der Waals surface area contributed by atoms with Gasteiger partial charge >= 0.3 is 12.2 Å². The lowest BCUT2D eigenvalue weighted by Gasteiger charge is -2.11. The monoisotopic (exact) mass is 234 g/mol. The zero-order valence-electron chi connectivity index (χ0n) is 9.30. The number of rotatable bonds is 3. The molecule has 0 radical (unpaired) electrons. The minimum Gasteiger partial charge on any atom is -0.454 e. The lowest BCUT2D eigenvalue weighted by atomic mass is 10.0. The molecule has 1 heterocycles. The Hall–Kier alpha value is -1.33. The molecule has 90 valence electrons. The maximum atomic E-state index is 11.9. The van der Waals surface area contributed by atoms with Gasteiger partial charge in [-0.15, -0.1) is 0 Å². The Morgan fingerprint density at radius 1 is 1.38 bits per heavy atom. The van der Waals surface area contributed by atoms with Crippen molar-refractivity contribution in [1.82, 2.24) is 9.97 Å². The predicted octanol–water partition coefficient (Wildman–Crippen LogP) is 2.85. The summed E-state index contributed by atoms with van der Waals surface area (Å²) >= 11 is 0. The number of ether oxygens (including phenoxy) is 1. The summed E-state index contributed by atoms with van der Waals surface area (Å²) in [6, 6.07) is -0.237. The first-order chi connectivity index (χ1) is 7.29.